The zero-order valence-corrected chi connectivity index (χ0v) is 16.3. The number of nitrogens with one attached hydrogen (secondary N) is 2. The molecule has 0 saturated heterocycles. The molecular weight excluding hydrogens is 385 g/mol. The van der Waals surface area contributed by atoms with Crippen LogP contribution in [0.4, 0.5) is 18.9 Å². The zero-order valence-electron chi connectivity index (χ0n) is 16.3. The Morgan fingerprint density at radius 3 is 2.21 bits per heavy atom. The summed E-state index contributed by atoms with van der Waals surface area (Å²) in [5, 5.41) is 2.78. The zero-order chi connectivity index (χ0) is 21.0. The first-order chi connectivity index (χ1) is 13.7. The number of anilines is 1. The van der Waals surface area contributed by atoms with Crippen molar-refractivity contribution in [2.24, 2.45) is 0 Å². The Kier molecular flexibility index (Phi) is 6.32. The minimum Gasteiger partial charge on any atom is -0.497 e. The Labute approximate surface area is 167 Å². The summed E-state index contributed by atoms with van der Waals surface area (Å²) in [5.41, 5.74) is 1.54. The van der Waals surface area contributed by atoms with E-state index in [1.807, 2.05) is 31.2 Å². The van der Waals surface area contributed by atoms with Crippen molar-refractivity contribution in [1.29, 1.82) is 0 Å². The summed E-state index contributed by atoms with van der Waals surface area (Å²) in [7, 11) is 1.62. The summed E-state index contributed by atoms with van der Waals surface area (Å²) in [6.45, 7) is 2.58. The lowest BCUT2D eigenvalue weighted by molar-refractivity contribution is -0.938. The third-order valence-corrected chi connectivity index (χ3v) is 4.97. The second kappa shape index (κ2) is 8.73. The number of alkyl halides is 3. The van der Waals surface area contributed by atoms with Gasteiger partial charge in [0.25, 0.3) is 5.91 Å². The first kappa shape index (κ1) is 21.0. The number of amides is 1. The van der Waals surface area contributed by atoms with Gasteiger partial charge in [0.1, 0.15) is 18.0 Å². The van der Waals surface area contributed by atoms with E-state index in [1.54, 1.807) is 7.11 Å². The molecule has 29 heavy (non-hydrogen) atoms. The van der Waals surface area contributed by atoms with Crippen LogP contribution in [0.3, 0.4) is 0 Å². The van der Waals surface area contributed by atoms with Gasteiger partial charge in [0.2, 0.25) is 0 Å². The number of quaternary nitrogens is 1. The standard InChI is InChI=1S/C21H23F3N2O3/c1-14(20(27)25-16-5-11-19(12-6-16)29-21(22,23)24)26(17-7-8-17)13-15-3-9-18(28-2)10-4-15/h3-6,9-12,14,17H,7-8,13H2,1-2H3,(H,25,27)/p+1/t14-/m1/s1. The van der Waals surface area contributed by atoms with Gasteiger partial charge in [-0.3, -0.25) is 4.79 Å². The molecule has 2 aromatic carbocycles. The van der Waals surface area contributed by atoms with Gasteiger partial charge in [0.05, 0.1) is 13.2 Å². The molecule has 3 rings (SSSR count). The van der Waals surface area contributed by atoms with Gasteiger partial charge in [-0.25, -0.2) is 0 Å². The second-order valence-electron chi connectivity index (χ2n) is 7.16. The smallest absolute Gasteiger partial charge is 0.497 e. The topological polar surface area (TPSA) is 52.0 Å². The molecule has 0 aromatic heterocycles. The highest BCUT2D eigenvalue weighted by Crippen LogP contribution is 2.24. The molecule has 0 spiro atoms. The summed E-state index contributed by atoms with van der Waals surface area (Å²) < 4.78 is 45.8. The van der Waals surface area contributed by atoms with Crippen molar-refractivity contribution < 1.29 is 32.3 Å². The SMILES string of the molecule is COc1ccc(C[NH+](C2CC2)[C@H](C)C(=O)Nc2ccc(OC(F)(F)F)cc2)cc1. The lowest BCUT2D eigenvalue weighted by Crippen LogP contribution is -3.16. The summed E-state index contributed by atoms with van der Waals surface area (Å²) in [5.74, 6) is 0.281. The number of hydrogen-bond acceptors (Lipinski definition) is 3. The van der Waals surface area contributed by atoms with Gasteiger partial charge in [-0.2, -0.15) is 0 Å². The minimum absolute atomic E-state index is 0.176. The van der Waals surface area contributed by atoms with Crippen LogP contribution in [0.5, 0.6) is 11.5 Å². The summed E-state index contributed by atoms with van der Waals surface area (Å²) in [6, 6.07) is 13.0. The largest absolute Gasteiger partial charge is 0.573 e. The fourth-order valence-electron chi connectivity index (χ4n) is 3.24. The number of carbonyl (C=O) groups is 1. The molecule has 1 unspecified atom stereocenters. The van der Waals surface area contributed by atoms with Crippen molar-refractivity contribution in [3.05, 3.63) is 54.1 Å². The normalized spacial score (nSPS) is 16.0. The molecule has 0 radical (unpaired) electrons. The van der Waals surface area contributed by atoms with Gasteiger partial charge < -0.3 is 19.7 Å². The van der Waals surface area contributed by atoms with Gasteiger partial charge in [-0.15, -0.1) is 13.2 Å². The Morgan fingerprint density at radius 1 is 1.10 bits per heavy atom. The first-order valence-corrected chi connectivity index (χ1v) is 9.40. The molecule has 5 nitrogen and oxygen atoms in total. The van der Waals surface area contributed by atoms with E-state index in [0.29, 0.717) is 18.3 Å². The molecule has 1 fully saturated rings. The van der Waals surface area contributed by atoms with Crippen LogP contribution in [0.1, 0.15) is 25.3 Å². The third-order valence-electron chi connectivity index (χ3n) is 4.97. The van der Waals surface area contributed by atoms with E-state index in [2.05, 4.69) is 10.1 Å². The molecule has 0 aliphatic heterocycles. The molecule has 2 aromatic rings. The highest BCUT2D eigenvalue weighted by atomic mass is 19.4. The van der Waals surface area contributed by atoms with E-state index < -0.39 is 6.36 Å². The van der Waals surface area contributed by atoms with Crippen LogP contribution in [0.2, 0.25) is 0 Å². The van der Waals surface area contributed by atoms with Gasteiger partial charge in [0, 0.05) is 24.1 Å². The maximum absolute atomic E-state index is 12.7. The third kappa shape index (κ3) is 6.12. The van der Waals surface area contributed by atoms with Crippen molar-refractivity contribution in [3.63, 3.8) is 0 Å². The van der Waals surface area contributed by atoms with Crippen LogP contribution in [-0.2, 0) is 11.3 Å². The average Bonchev–Trinajstić information content (AvgIpc) is 3.51. The van der Waals surface area contributed by atoms with E-state index in [1.165, 1.54) is 29.2 Å². The van der Waals surface area contributed by atoms with Crippen molar-refractivity contribution in [1.82, 2.24) is 0 Å². The number of halogens is 3. The Hall–Kier alpha value is -2.74. The van der Waals surface area contributed by atoms with Crippen LogP contribution in [-0.4, -0.2) is 31.5 Å². The van der Waals surface area contributed by atoms with Gasteiger partial charge in [-0.1, -0.05) is 0 Å². The molecule has 2 N–H and O–H groups in total. The maximum Gasteiger partial charge on any atom is 0.573 e. The Bertz CT molecular complexity index is 819. The predicted octanol–water partition coefficient (Wildman–Crippen LogP) is 3.17. The summed E-state index contributed by atoms with van der Waals surface area (Å²) in [6.07, 6.45) is -2.59. The summed E-state index contributed by atoms with van der Waals surface area (Å²) in [4.78, 5) is 13.9. The van der Waals surface area contributed by atoms with Crippen molar-refractivity contribution >= 4 is 11.6 Å². The van der Waals surface area contributed by atoms with Crippen LogP contribution >= 0.6 is 0 Å². The maximum atomic E-state index is 12.7. The molecule has 1 aliphatic rings. The highest BCUT2D eigenvalue weighted by Gasteiger charge is 2.39. The number of carbonyl (C=O) groups excluding carboxylic acids is 1. The molecule has 0 bridgehead atoms. The van der Waals surface area contributed by atoms with Crippen LogP contribution in [0.25, 0.3) is 0 Å². The number of benzene rings is 2. The fourth-order valence-corrected chi connectivity index (χ4v) is 3.24. The predicted molar refractivity (Wildman–Crippen MR) is 102 cm³/mol. The van der Waals surface area contributed by atoms with Crippen molar-refractivity contribution in [2.75, 3.05) is 12.4 Å². The van der Waals surface area contributed by atoms with Crippen LogP contribution < -0.4 is 19.7 Å². The molecule has 1 amide bonds. The lowest BCUT2D eigenvalue weighted by Gasteiger charge is -2.25. The molecule has 2 atom stereocenters. The molecule has 1 saturated carbocycles. The molecule has 0 heterocycles. The van der Waals surface area contributed by atoms with Crippen LogP contribution in [0.15, 0.2) is 48.5 Å². The van der Waals surface area contributed by atoms with Crippen LogP contribution in [0, 0.1) is 0 Å². The fraction of sp³-hybridized carbons (Fsp3) is 0.381. The minimum atomic E-state index is -4.74. The van der Waals surface area contributed by atoms with Crippen molar-refractivity contribution in [3.8, 4) is 11.5 Å². The molecule has 8 heteroatoms. The Morgan fingerprint density at radius 2 is 1.69 bits per heavy atom. The van der Waals surface area contributed by atoms with Gasteiger partial charge >= 0.3 is 6.36 Å². The van der Waals surface area contributed by atoms with E-state index in [-0.39, 0.29) is 17.7 Å². The molecule has 1 aliphatic carbocycles. The lowest BCUT2D eigenvalue weighted by atomic mass is 10.1. The van der Waals surface area contributed by atoms with E-state index >= 15 is 0 Å². The van der Waals surface area contributed by atoms with Crippen molar-refractivity contribution in [2.45, 2.75) is 44.8 Å². The summed E-state index contributed by atoms with van der Waals surface area (Å²) >= 11 is 0. The molecular formula is C21H24F3N2O3+. The average molecular weight is 409 g/mol. The Balaban J connectivity index is 1.62. The number of ether oxygens (including phenoxy) is 2. The monoisotopic (exact) mass is 409 g/mol. The quantitative estimate of drug-likeness (QED) is 0.704. The van der Waals surface area contributed by atoms with E-state index in [0.717, 1.165) is 24.2 Å². The molecule has 156 valence electrons. The number of methoxy groups -OCH3 is 1. The van der Waals surface area contributed by atoms with E-state index in [9.17, 15) is 18.0 Å². The highest BCUT2D eigenvalue weighted by molar-refractivity contribution is 5.93. The number of rotatable bonds is 8. The second-order valence-corrected chi connectivity index (χ2v) is 7.16. The van der Waals surface area contributed by atoms with Gasteiger partial charge in [0.15, 0.2) is 6.04 Å². The number of hydrogen-bond donors (Lipinski definition) is 2. The van der Waals surface area contributed by atoms with Gasteiger partial charge in [-0.05, 0) is 55.5 Å². The first-order valence-electron chi connectivity index (χ1n) is 9.40. The van der Waals surface area contributed by atoms with E-state index in [4.69, 9.17) is 4.74 Å².